The van der Waals surface area contributed by atoms with Crippen molar-refractivity contribution in [3.8, 4) is 0 Å². The number of rotatable bonds is 3. The van der Waals surface area contributed by atoms with Crippen molar-refractivity contribution in [1.82, 2.24) is 10.6 Å². The van der Waals surface area contributed by atoms with Crippen LogP contribution in [0.25, 0.3) is 0 Å². The van der Waals surface area contributed by atoms with Crippen molar-refractivity contribution in [2.75, 3.05) is 6.54 Å². The Morgan fingerprint density at radius 2 is 2.17 bits per heavy atom. The first kappa shape index (κ1) is 13.7. The number of piperidine rings is 1. The molecule has 1 heterocycles. The van der Waals surface area contributed by atoms with Gasteiger partial charge >= 0.3 is 0 Å². The highest BCUT2D eigenvalue weighted by Crippen LogP contribution is 2.26. The molecule has 2 rings (SSSR count). The smallest absolute Gasteiger partial charge is 0.237 e. The van der Waals surface area contributed by atoms with E-state index in [2.05, 4.69) is 10.6 Å². The monoisotopic (exact) mass is 286 g/mol. The van der Waals surface area contributed by atoms with Gasteiger partial charge in [0.05, 0.1) is 16.1 Å². The maximum atomic E-state index is 11.7. The van der Waals surface area contributed by atoms with E-state index in [-0.39, 0.29) is 18.0 Å². The minimum atomic E-state index is -0.122. The molecule has 1 saturated heterocycles. The number of nitrogens with one attached hydrogen (secondary N) is 2. The van der Waals surface area contributed by atoms with Gasteiger partial charge in [-0.15, -0.1) is 0 Å². The molecule has 1 aliphatic rings. The Labute approximate surface area is 117 Å². The summed E-state index contributed by atoms with van der Waals surface area (Å²) in [5.74, 6) is 0.0770. The molecule has 1 amide bonds. The lowest BCUT2D eigenvalue weighted by Crippen LogP contribution is -2.48. The van der Waals surface area contributed by atoms with Crippen molar-refractivity contribution in [2.24, 2.45) is 0 Å². The van der Waals surface area contributed by atoms with Crippen LogP contribution < -0.4 is 10.6 Å². The highest BCUT2D eigenvalue weighted by molar-refractivity contribution is 6.42. The van der Waals surface area contributed by atoms with Crippen LogP contribution in [-0.4, -0.2) is 18.5 Å². The maximum Gasteiger partial charge on any atom is 0.237 e. The Bertz CT molecular complexity index is 451. The minimum Gasteiger partial charge on any atom is -0.355 e. The normalized spacial score (nSPS) is 21.5. The van der Waals surface area contributed by atoms with Gasteiger partial charge in [0.25, 0.3) is 0 Å². The molecule has 0 aromatic heterocycles. The van der Waals surface area contributed by atoms with Crippen LogP contribution in [0.3, 0.4) is 0 Å². The van der Waals surface area contributed by atoms with Crippen molar-refractivity contribution >= 4 is 29.1 Å². The summed E-state index contributed by atoms with van der Waals surface area (Å²) >= 11 is 11.9. The third kappa shape index (κ3) is 3.16. The van der Waals surface area contributed by atoms with Crippen LogP contribution in [0.15, 0.2) is 18.2 Å². The molecule has 98 valence electrons. The van der Waals surface area contributed by atoms with Gasteiger partial charge in [-0.25, -0.2) is 0 Å². The molecular formula is C13H16Cl2N2O. The van der Waals surface area contributed by atoms with E-state index in [1.165, 1.54) is 0 Å². The van der Waals surface area contributed by atoms with E-state index in [4.69, 9.17) is 23.2 Å². The van der Waals surface area contributed by atoms with E-state index < -0.39 is 0 Å². The summed E-state index contributed by atoms with van der Waals surface area (Å²) in [5, 5.41) is 7.26. The third-order valence-electron chi connectivity index (χ3n) is 3.18. The third-order valence-corrected chi connectivity index (χ3v) is 3.92. The van der Waals surface area contributed by atoms with Crippen molar-refractivity contribution < 1.29 is 4.79 Å². The summed E-state index contributed by atoms with van der Waals surface area (Å²) in [6.07, 6.45) is 1.88. The first-order valence-electron chi connectivity index (χ1n) is 6.06. The molecule has 1 aliphatic heterocycles. The highest BCUT2D eigenvalue weighted by Gasteiger charge is 2.23. The number of amides is 1. The number of carbonyl (C=O) groups excluding carboxylic acids is 1. The zero-order valence-corrected chi connectivity index (χ0v) is 11.7. The van der Waals surface area contributed by atoms with Gasteiger partial charge in [-0.05, 0) is 37.5 Å². The molecule has 0 radical (unpaired) electrons. The Morgan fingerprint density at radius 1 is 1.39 bits per heavy atom. The quantitative estimate of drug-likeness (QED) is 0.897. The molecular weight excluding hydrogens is 271 g/mol. The van der Waals surface area contributed by atoms with Crippen LogP contribution in [-0.2, 0) is 4.79 Å². The predicted octanol–water partition coefficient (Wildman–Crippen LogP) is 2.92. The molecule has 1 aromatic rings. The van der Waals surface area contributed by atoms with E-state index in [0.717, 1.165) is 24.9 Å². The summed E-state index contributed by atoms with van der Waals surface area (Å²) in [6, 6.07) is 5.48. The molecule has 2 unspecified atom stereocenters. The van der Waals surface area contributed by atoms with E-state index in [9.17, 15) is 4.79 Å². The first-order chi connectivity index (χ1) is 8.58. The van der Waals surface area contributed by atoms with Gasteiger partial charge in [-0.2, -0.15) is 0 Å². The Balaban J connectivity index is 2.04. The van der Waals surface area contributed by atoms with Gasteiger partial charge in [0, 0.05) is 12.6 Å². The van der Waals surface area contributed by atoms with Gasteiger partial charge in [0.1, 0.15) is 0 Å². The van der Waals surface area contributed by atoms with E-state index in [1.54, 1.807) is 6.07 Å². The zero-order valence-electron chi connectivity index (χ0n) is 10.2. The predicted molar refractivity (Wildman–Crippen MR) is 74.0 cm³/mol. The van der Waals surface area contributed by atoms with E-state index in [1.807, 2.05) is 19.1 Å². The van der Waals surface area contributed by atoms with Gasteiger partial charge in [0.2, 0.25) is 5.91 Å². The lowest BCUT2D eigenvalue weighted by Gasteiger charge is -2.26. The molecule has 0 spiro atoms. The topological polar surface area (TPSA) is 41.1 Å². The fourth-order valence-electron chi connectivity index (χ4n) is 2.11. The summed E-state index contributed by atoms with van der Waals surface area (Å²) in [5.41, 5.74) is 1.03. The first-order valence-corrected chi connectivity index (χ1v) is 6.82. The van der Waals surface area contributed by atoms with Crippen molar-refractivity contribution in [3.05, 3.63) is 33.8 Å². The van der Waals surface area contributed by atoms with Crippen LogP contribution in [0.5, 0.6) is 0 Å². The second-order valence-corrected chi connectivity index (χ2v) is 5.36. The standard InChI is InChI=1S/C13H16Cl2N2O/c1-8(9-4-5-10(14)11(15)7-9)17-12-3-2-6-16-13(12)18/h4-5,7-8,12,17H,2-3,6H2,1H3,(H,16,18). The van der Waals surface area contributed by atoms with E-state index in [0.29, 0.717) is 10.0 Å². The van der Waals surface area contributed by atoms with Crippen LogP contribution in [0, 0.1) is 0 Å². The number of hydrogen-bond donors (Lipinski definition) is 2. The molecule has 2 atom stereocenters. The summed E-state index contributed by atoms with van der Waals surface area (Å²) in [7, 11) is 0. The van der Waals surface area contributed by atoms with Crippen LogP contribution in [0.4, 0.5) is 0 Å². The molecule has 2 N–H and O–H groups in total. The second kappa shape index (κ2) is 5.91. The molecule has 0 aliphatic carbocycles. The van der Waals surface area contributed by atoms with Gasteiger partial charge in [0.15, 0.2) is 0 Å². The maximum absolute atomic E-state index is 11.7. The summed E-state index contributed by atoms with van der Waals surface area (Å²) in [6.45, 7) is 2.79. The Morgan fingerprint density at radius 3 is 2.83 bits per heavy atom. The van der Waals surface area contributed by atoms with E-state index >= 15 is 0 Å². The minimum absolute atomic E-state index is 0.0635. The van der Waals surface area contributed by atoms with Crippen molar-refractivity contribution in [1.29, 1.82) is 0 Å². The number of hydrogen-bond acceptors (Lipinski definition) is 2. The molecule has 0 saturated carbocycles. The summed E-state index contributed by atoms with van der Waals surface area (Å²) in [4.78, 5) is 11.7. The lowest BCUT2D eigenvalue weighted by molar-refractivity contribution is -0.124. The Kier molecular flexibility index (Phi) is 4.49. The van der Waals surface area contributed by atoms with Crippen LogP contribution in [0.1, 0.15) is 31.4 Å². The van der Waals surface area contributed by atoms with Gasteiger partial charge in [-0.3, -0.25) is 10.1 Å². The molecule has 3 nitrogen and oxygen atoms in total. The molecule has 5 heteroatoms. The molecule has 18 heavy (non-hydrogen) atoms. The number of halogens is 2. The van der Waals surface area contributed by atoms with Crippen LogP contribution in [0.2, 0.25) is 10.0 Å². The zero-order chi connectivity index (χ0) is 13.1. The molecule has 1 fully saturated rings. The average molecular weight is 287 g/mol. The largest absolute Gasteiger partial charge is 0.355 e. The number of benzene rings is 1. The Hall–Kier alpha value is -0.770. The summed E-state index contributed by atoms with van der Waals surface area (Å²) < 4.78 is 0. The average Bonchev–Trinajstić information content (AvgIpc) is 2.35. The lowest BCUT2D eigenvalue weighted by atomic mass is 10.0. The number of carbonyl (C=O) groups is 1. The fraction of sp³-hybridized carbons (Fsp3) is 0.462. The highest BCUT2D eigenvalue weighted by atomic mass is 35.5. The second-order valence-electron chi connectivity index (χ2n) is 4.55. The molecule has 1 aromatic carbocycles. The fourth-order valence-corrected chi connectivity index (χ4v) is 2.42. The van der Waals surface area contributed by atoms with Crippen molar-refractivity contribution in [2.45, 2.75) is 31.8 Å². The van der Waals surface area contributed by atoms with Crippen LogP contribution >= 0.6 is 23.2 Å². The van der Waals surface area contributed by atoms with Crippen molar-refractivity contribution in [3.63, 3.8) is 0 Å². The SMILES string of the molecule is CC(NC1CCCNC1=O)c1ccc(Cl)c(Cl)c1. The molecule has 0 bridgehead atoms. The van der Waals surface area contributed by atoms with Gasteiger partial charge < -0.3 is 5.32 Å². The van der Waals surface area contributed by atoms with Gasteiger partial charge in [-0.1, -0.05) is 29.3 Å².